The van der Waals surface area contributed by atoms with Crippen molar-refractivity contribution in [3.8, 4) is 0 Å². The van der Waals surface area contributed by atoms with Gasteiger partial charge in [-0.1, -0.05) is 52.2 Å². The van der Waals surface area contributed by atoms with Gasteiger partial charge in [0, 0.05) is 12.2 Å². The van der Waals surface area contributed by atoms with E-state index in [4.69, 9.17) is 10.2 Å². The molecular weight excluding hydrogens is 244 g/mol. The fraction of sp³-hybridized carbons (Fsp3) is 0.600. The van der Waals surface area contributed by atoms with Gasteiger partial charge in [-0.2, -0.15) is 0 Å². The van der Waals surface area contributed by atoms with Crippen LogP contribution in [-0.2, 0) is 9.59 Å². The highest BCUT2D eigenvalue weighted by molar-refractivity contribution is 5.79. The maximum absolute atomic E-state index is 9.95. The molecule has 0 saturated carbocycles. The van der Waals surface area contributed by atoms with Crippen LogP contribution in [0.25, 0.3) is 0 Å². The fourth-order valence-corrected chi connectivity index (χ4v) is 1.08. The van der Waals surface area contributed by atoms with E-state index in [1.165, 1.54) is 25.0 Å². The van der Waals surface area contributed by atoms with Crippen LogP contribution < -0.4 is 0 Å². The third kappa shape index (κ3) is 22.1. The molecule has 0 aromatic heterocycles. The molecule has 0 fully saturated rings. The van der Waals surface area contributed by atoms with Gasteiger partial charge in [0.25, 0.3) is 0 Å². The Bertz CT molecular complexity index is 293. The first-order valence-electron chi connectivity index (χ1n) is 6.74. The number of rotatable bonds is 8. The summed E-state index contributed by atoms with van der Waals surface area (Å²) >= 11 is 0. The molecule has 4 nitrogen and oxygen atoms in total. The van der Waals surface area contributed by atoms with E-state index in [9.17, 15) is 9.59 Å². The van der Waals surface area contributed by atoms with Crippen LogP contribution >= 0.6 is 0 Å². The summed E-state index contributed by atoms with van der Waals surface area (Å²) in [4.78, 5) is 19.9. The number of carbonyl (C=O) groups is 2. The Hall–Kier alpha value is -1.58. The predicted octanol–water partition coefficient (Wildman–Crippen LogP) is 3.88. The zero-order chi connectivity index (χ0) is 15.1. The summed E-state index contributed by atoms with van der Waals surface area (Å²) in [5, 5.41) is 16.4. The summed E-state index contributed by atoms with van der Waals surface area (Å²) in [6.45, 7) is 6.14. The number of allylic oxidation sites excluding steroid dienone is 2. The Labute approximate surface area is 115 Å². The van der Waals surface area contributed by atoms with Crippen molar-refractivity contribution in [2.75, 3.05) is 0 Å². The van der Waals surface area contributed by atoms with Crippen molar-refractivity contribution in [2.24, 2.45) is 5.92 Å². The van der Waals surface area contributed by atoms with E-state index in [2.05, 4.69) is 6.92 Å². The van der Waals surface area contributed by atoms with Gasteiger partial charge in [-0.25, -0.2) is 9.59 Å². The molecule has 0 bridgehead atoms. The third-order valence-corrected chi connectivity index (χ3v) is 2.45. The molecule has 110 valence electrons. The molecule has 0 heterocycles. The van der Waals surface area contributed by atoms with Crippen LogP contribution in [0.15, 0.2) is 24.3 Å². The van der Waals surface area contributed by atoms with Crippen molar-refractivity contribution in [1.29, 1.82) is 0 Å². The van der Waals surface area contributed by atoms with E-state index in [1.807, 2.05) is 13.8 Å². The minimum atomic E-state index is -0.865. The van der Waals surface area contributed by atoms with Gasteiger partial charge < -0.3 is 10.2 Å². The van der Waals surface area contributed by atoms with Crippen LogP contribution in [0.3, 0.4) is 0 Å². The number of aliphatic carboxylic acids is 2. The zero-order valence-electron chi connectivity index (χ0n) is 12.1. The number of carboxylic acid groups (broad SMARTS) is 2. The van der Waals surface area contributed by atoms with Gasteiger partial charge >= 0.3 is 11.9 Å². The summed E-state index contributed by atoms with van der Waals surface area (Å²) in [5.41, 5.74) is 0. The van der Waals surface area contributed by atoms with Crippen LogP contribution in [0.5, 0.6) is 0 Å². The minimum Gasteiger partial charge on any atom is -0.478 e. The van der Waals surface area contributed by atoms with Gasteiger partial charge in [0.1, 0.15) is 0 Å². The van der Waals surface area contributed by atoms with E-state index in [0.29, 0.717) is 5.92 Å². The lowest BCUT2D eigenvalue weighted by Crippen LogP contribution is -1.90. The minimum absolute atomic E-state index is 0.376. The van der Waals surface area contributed by atoms with Crippen molar-refractivity contribution in [3.05, 3.63) is 24.3 Å². The average Bonchev–Trinajstić information content (AvgIpc) is 2.36. The van der Waals surface area contributed by atoms with E-state index in [0.717, 1.165) is 19.3 Å². The van der Waals surface area contributed by atoms with Crippen LogP contribution in [0.4, 0.5) is 0 Å². The van der Waals surface area contributed by atoms with Gasteiger partial charge in [0.15, 0.2) is 0 Å². The number of hydrogen-bond donors (Lipinski definition) is 2. The molecule has 2 N–H and O–H groups in total. The van der Waals surface area contributed by atoms with Crippen molar-refractivity contribution in [3.63, 3.8) is 0 Å². The van der Waals surface area contributed by atoms with E-state index in [1.54, 1.807) is 12.2 Å². The van der Waals surface area contributed by atoms with Gasteiger partial charge in [-0.3, -0.25) is 0 Å². The molecule has 0 radical (unpaired) electrons. The molecule has 0 amide bonds. The normalized spacial score (nSPS) is 12.2. The molecular formula is C15H26O4. The number of unbranched alkanes of at least 4 members (excludes halogenated alkanes) is 3. The molecule has 0 aliphatic carbocycles. The van der Waals surface area contributed by atoms with Crippen LogP contribution in [-0.4, -0.2) is 22.2 Å². The second kappa shape index (κ2) is 14.5. The molecule has 0 rings (SSSR count). The van der Waals surface area contributed by atoms with Crippen LogP contribution in [0, 0.1) is 5.92 Å². The Kier molecular flexibility index (Phi) is 15.1. The summed E-state index contributed by atoms with van der Waals surface area (Å²) in [7, 11) is 0. The number of carboxylic acids is 2. The van der Waals surface area contributed by atoms with Gasteiger partial charge in [0.05, 0.1) is 0 Å². The lowest BCUT2D eigenvalue weighted by molar-refractivity contribution is -0.132. The quantitative estimate of drug-likeness (QED) is 0.518. The zero-order valence-corrected chi connectivity index (χ0v) is 12.1. The molecule has 0 aliphatic rings. The molecule has 0 aromatic rings. The molecule has 0 spiro atoms. The lowest BCUT2D eigenvalue weighted by atomic mass is 10.1. The van der Waals surface area contributed by atoms with E-state index in [-0.39, 0.29) is 0 Å². The van der Waals surface area contributed by atoms with Crippen molar-refractivity contribution >= 4 is 11.9 Å². The maximum atomic E-state index is 9.95. The smallest absolute Gasteiger partial charge is 0.327 e. The first-order chi connectivity index (χ1) is 8.93. The highest BCUT2D eigenvalue weighted by Crippen LogP contribution is 2.00. The molecule has 0 aliphatic heterocycles. The fourth-order valence-electron chi connectivity index (χ4n) is 1.08. The van der Waals surface area contributed by atoms with Crippen LogP contribution in [0.1, 0.15) is 52.9 Å². The summed E-state index contributed by atoms with van der Waals surface area (Å²) in [5.74, 6) is -1.34. The first kappa shape index (κ1) is 19.8. The SMILES string of the molecule is CCC(C)C=CC(=O)O.CCCCCC=CC(=O)O. The monoisotopic (exact) mass is 270 g/mol. The molecule has 0 aromatic carbocycles. The van der Waals surface area contributed by atoms with Crippen LogP contribution in [0.2, 0.25) is 0 Å². The van der Waals surface area contributed by atoms with Gasteiger partial charge in [-0.05, 0) is 18.8 Å². The average molecular weight is 270 g/mol. The topological polar surface area (TPSA) is 74.6 Å². The predicted molar refractivity (Wildman–Crippen MR) is 77.1 cm³/mol. The summed E-state index contributed by atoms with van der Waals surface area (Å²) in [6, 6.07) is 0. The first-order valence-corrected chi connectivity index (χ1v) is 6.74. The molecule has 1 atom stereocenters. The summed E-state index contributed by atoms with van der Waals surface area (Å²) in [6.07, 6.45) is 11.1. The second-order valence-corrected chi connectivity index (χ2v) is 4.32. The molecule has 4 heteroatoms. The Morgan fingerprint density at radius 1 is 1.05 bits per heavy atom. The Morgan fingerprint density at radius 3 is 2.05 bits per heavy atom. The maximum Gasteiger partial charge on any atom is 0.327 e. The largest absolute Gasteiger partial charge is 0.478 e. The molecule has 19 heavy (non-hydrogen) atoms. The van der Waals surface area contributed by atoms with E-state index >= 15 is 0 Å². The van der Waals surface area contributed by atoms with Crippen molar-refractivity contribution in [2.45, 2.75) is 52.9 Å². The standard InChI is InChI=1S/C8H14O2.C7H12O2/c1-2-3-4-5-6-7-8(9)10;1-3-6(2)4-5-7(8)9/h6-7H,2-5H2,1H3,(H,9,10);4-6H,3H2,1-2H3,(H,8,9). The summed E-state index contributed by atoms with van der Waals surface area (Å²) < 4.78 is 0. The Balaban J connectivity index is 0. The second-order valence-electron chi connectivity index (χ2n) is 4.32. The highest BCUT2D eigenvalue weighted by atomic mass is 16.4. The van der Waals surface area contributed by atoms with Gasteiger partial charge in [-0.15, -0.1) is 0 Å². The van der Waals surface area contributed by atoms with Crippen molar-refractivity contribution < 1.29 is 19.8 Å². The van der Waals surface area contributed by atoms with Crippen molar-refractivity contribution in [1.82, 2.24) is 0 Å². The molecule has 1 unspecified atom stereocenters. The number of hydrogen-bond acceptors (Lipinski definition) is 2. The highest BCUT2D eigenvalue weighted by Gasteiger charge is 1.91. The van der Waals surface area contributed by atoms with Gasteiger partial charge in [0.2, 0.25) is 0 Å². The molecule has 0 saturated heterocycles. The Morgan fingerprint density at radius 2 is 1.63 bits per heavy atom. The lowest BCUT2D eigenvalue weighted by Gasteiger charge is -1.96. The van der Waals surface area contributed by atoms with E-state index < -0.39 is 11.9 Å². The third-order valence-electron chi connectivity index (χ3n) is 2.45.